The Kier molecular flexibility index (Phi) is 4.80. The molecule has 2 nitrogen and oxygen atoms in total. The van der Waals surface area contributed by atoms with Crippen LogP contribution in [-0.2, 0) is 13.0 Å². The molecule has 1 heterocycles. The van der Waals surface area contributed by atoms with Crippen LogP contribution >= 0.6 is 0 Å². The summed E-state index contributed by atoms with van der Waals surface area (Å²) in [7, 11) is 0. The van der Waals surface area contributed by atoms with Gasteiger partial charge in [0.25, 0.3) is 0 Å². The average molecular weight is 256 g/mol. The van der Waals surface area contributed by atoms with Gasteiger partial charge in [0, 0.05) is 23.6 Å². The van der Waals surface area contributed by atoms with Crippen molar-refractivity contribution in [3.63, 3.8) is 0 Å². The summed E-state index contributed by atoms with van der Waals surface area (Å²) < 4.78 is 2.34. The van der Waals surface area contributed by atoms with Gasteiger partial charge in [-0.15, -0.1) is 0 Å². The zero-order chi connectivity index (χ0) is 13.7. The molecular formula is C17H24N2. The molecule has 0 spiro atoms. The fourth-order valence-corrected chi connectivity index (χ4v) is 2.41. The summed E-state index contributed by atoms with van der Waals surface area (Å²) in [6, 6.07) is 8.66. The van der Waals surface area contributed by atoms with Crippen LogP contribution in [-0.4, -0.2) is 17.7 Å². The van der Waals surface area contributed by atoms with E-state index >= 15 is 0 Å². The van der Waals surface area contributed by atoms with Gasteiger partial charge in [0.15, 0.2) is 0 Å². The Morgan fingerprint density at radius 2 is 2.05 bits per heavy atom. The molecule has 1 N–H and O–H groups in total. The Hall–Kier alpha value is -1.54. The number of hydrogen-bond acceptors (Lipinski definition) is 1. The van der Waals surface area contributed by atoms with Crippen LogP contribution in [0.2, 0.25) is 0 Å². The molecule has 0 bridgehead atoms. The number of allylic oxidation sites excluding steroid dienone is 1. The molecule has 0 atom stereocenters. The summed E-state index contributed by atoms with van der Waals surface area (Å²) in [6.07, 6.45) is 4.42. The fourth-order valence-electron chi connectivity index (χ4n) is 2.41. The van der Waals surface area contributed by atoms with Gasteiger partial charge < -0.3 is 9.88 Å². The molecule has 0 unspecified atom stereocenters. The Bertz CT molecular complexity index is 551. The van der Waals surface area contributed by atoms with E-state index in [2.05, 4.69) is 60.8 Å². The highest BCUT2D eigenvalue weighted by molar-refractivity contribution is 5.84. The molecule has 0 amide bonds. The van der Waals surface area contributed by atoms with Gasteiger partial charge in [0.05, 0.1) is 0 Å². The van der Waals surface area contributed by atoms with E-state index in [9.17, 15) is 0 Å². The highest BCUT2D eigenvalue weighted by Crippen LogP contribution is 2.22. The maximum Gasteiger partial charge on any atom is 0.0486 e. The number of benzene rings is 1. The molecule has 19 heavy (non-hydrogen) atoms. The number of fused-ring (bicyclic) bond motifs is 1. The van der Waals surface area contributed by atoms with E-state index in [0.717, 1.165) is 32.5 Å². The van der Waals surface area contributed by atoms with E-state index in [4.69, 9.17) is 0 Å². The molecule has 2 rings (SSSR count). The molecule has 102 valence electrons. The van der Waals surface area contributed by atoms with Crippen LogP contribution < -0.4 is 5.32 Å². The normalized spacial score (nSPS) is 11.1. The van der Waals surface area contributed by atoms with Crippen LogP contribution in [0.1, 0.15) is 25.8 Å². The first-order chi connectivity index (χ1) is 9.26. The maximum absolute atomic E-state index is 4.13. The first-order valence-corrected chi connectivity index (χ1v) is 7.20. The number of para-hydroxylation sites is 1. The Labute approximate surface area is 116 Å². The van der Waals surface area contributed by atoms with Gasteiger partial charge in [0.1, 0.15) is 0 Å². The summed E-state index contributed by atoms with van der Waals surface area (Å²) in [5.74, 6) is 0. The summed E-state index contributed by atoms with van der Waals surface area (Å²) >= 11 is 0. The van der Waals surface area contributed by atoms with Crippen molar-refractivity contribution in [3.05, 3.63) is 48.2 Å². The second-order valence-electron chi connectivity index (χ2n) is 5.01. The van der Waals surface area contributed by atoms with Gasteiger partial charge in [-0.05, 0) is 37.6 Å². The zero-order valence-corrected chi connectivity index (χ0v) is 12.1. The first-order valence-electron chi connectivity index (χ1n) is 7.20. The third-order valence-corrected chi connectivity index (χ3v) is 3.59. The van der Waals surface area contributed by atoms with Crippen molar-refractivity contribution in [3.8, 4) is 0 Å². The Morgan fingerprint density at radius 3 is 2.79 bits per heavy atom. The predicted octanol–water partition coefficient (Wildman–Crippen LogP) is 3.76. The summed E-state index contributed by atoms with van der Waals surface area (Å²) in [5, 5.41) is 4.77. The quantitative estimate of drug-likeness (QED) is 0.589. The third kappa shape index (κ3) is 3.27. The average Bonchev–Trinajstić information content (AvgIpc) is 2.78. The second kappa shape index (κ2) is 6.58. The lowest BCUT2D eigenvalue weighted by molar-refractivity contribution is 0.714. The van der Waals surface area contributed by atoms with Crippen LogP contribution in [0.4, 0.5) is 0 Å². The molecule has 0 aliphatic rings. The molecule has 0 saturated heterocycles. The maximum atomic E-state index is 4.13. The van der Waals surface area contributed by atoms with Crippen LogP contribution in [0, 0.1) is 0 Å². The molecule has 0 fully saturated rings. The number of likely N-dealkylation sites (N-methyl/N-ethyl adjacent to an activating group) is 1. The molecule has 0 aliphatic heterocycles. The van der Waals surface area contributed by atoms with Gasteiger partial charge in [0.2, 0.25) is 0 Å². The largest absolute Gasteiger partial charge is 0.343 e. The van der Waals surface area contributed by atoms with E-state index in [1.54, 1.807) is 0 Å². The zero-order valence-electron chi connectivity index (χ0n) is 12.1. The number of nitrogens with zero attached hydrogens (tertiary/aromatic N) is 1. The highest BCUT2D eigenvalue weighted by Gasteiger charge is 2.07. The summed E-state index contributed by atoms with van der Waals surface area (Å²) in [6.45, 7) is 11.4. The molecular weight excluding hydrogens is 232 g/mol. The molecule has 2 heteroatoms. The van der Waals surface area contributed by atoms with Gasteiger partial charge >= 0.3 is 0 Å². The molecule has 0 saturated carbocycles. The first kappa shape index (κ1) is 13.9. The summed E-state index contributed by atoms with van der Waals surface area (Å²) in [4.78, 5) is 0. The monoisotopic (exact) mass is 256 g/mol. The number of nitrogens with one attached hydrogen (secondary N) is 1. The Balaban J connectivity index is 2.28. The fraction of sp³-hybridized carbons (Fsp3) is 0.412. The molecule has 1 aromatic carbocycles. The predicted molar refractivity (Wildman–Crippen MR) is 83.6 cm³/mol. The smallest absolute Gasteiger partial charge is 0.0486 e. The highest BCUT2D eigenvalue weighted by atomic mass is 15.0. The summed E-state index contributed by atoms with van der Waals surface area (Å²) in [5.41, 5.74) is 4.03. The number of hydrogen-bond donors (Lipinski definition) is 1. The molecule has 0 radical (unpaired) electrons. The van der Waals surface area contributed by atoms with Crippen molar-refractivity contribution >= 4 is 10.9 Å². The van der Waals surface area contributed by atoms with Crippen molar-refractivity contribution in [2.75, 3.05) is 13.1 Å². The minimum Gasteiger partial charge on any atom is -0.343 e. The lowest BCUT2D eigenvalue weighted by atomic mass is 10.1. The van der Waals surface area contributed by atoms with E-state index in [1.165, 1.54) is 22.0 Å². The number of aromatic nitrogens is 1. The molecule has 0 aliphatic carbocycles. The van der Waals surface area contributed by atoms with E-state index in [-0.39, 0.29) is 0 Å². The molecule has 1 aromatic heterocycles. The molecule has 2 aromatic rings. The van der Waals surface area contributed by atoms with Gasteiger partial charge in [-0.3, -0.25) is 0 Å². The number of rotatable bonds is 7. The van der Waals surface area contributed by atoms with Crippen molar-refractivity contribution in [2.24, 2.45) is 0 Å². The van der Waals surface area contributed by atoms with Crippen molar-refractivity contribution in [1.82, 2.24) is 9.88 Å². The SMILES string of the molecule is C=C(CC)Cn1cc(CCNCC)c2ccccc21. The van der Waals surface area contributed by atoms with Gasteiger partial charge in [-0.1, -0.05) is 44.2 Å². The van der Waals surface area contributed by atoms with Gasteiger partial charge in [-0.2, -0.15) is 0 Å². The lowest BCUT2D eigenvalue weighted by Gasteiger charge is -2.06. The van der Waals surface area contributed by atoms with Crippen LogP contribution in [0.5, 0.6) is 0 Å². The Morgan fingerprint density at radius 1 is 1.26 bits per heavy atom. The minimum absolute atomic E-state index is 0.929. The lowest BCUT2D eigenvalue weighted by Crippen LogP contribution is -2.15. The van der Waals surface area contributed by atoms with Crippen LogP contribution in [0.3, 0.4) is 0 Å². The van der Waals surface area contributed by atoms with E-state index in [0.29, 0.717) is 0 Å². The van der Waals surface area contributed by atoms with E-state index in [1.807, 2.05) is 0 Å². The topological polar surface area (TPSA) is 17.0 Å². The third-order valence-electron chi connectivity index (χ3n) is 3.59. The van der Waals surface area contributed by atoms with Crippen molar-refractivity contribution in [2.45, 2.75) is 33.2 Å². The van der Waals surface area contributed by atoms with Crippen molar-refractivity contribution in [1.29, 1.82) is 0 Å². The van der Waals surface area contributed by atoms with Crippen LogP contribution in [0.15, 0.2) is 42.6 Å². The van der Waals surface area contributed by atoms with E-state index < -0.39 is 0 Å². The van der Waals surface area contributed by atoms with Crippen molar-refractivity contribution < 1.29 is 0 Å². The second-order valence-corrected chi connectivity index (χ2v) is 5.01. The minimum atomic E-state index is 0.929. The van der Waals surface area contributed by atoms with Gasteiger partial charge in [-0.25, -0.2) is 0 Å². The standard InChI is InChI=1S/C17H24N2/c1-4-14(3)12-19-13-15(10-11-18-5-2)16-8-6-7-9-17(16)19/h6-9,13,18H,3-5,10-12H2,1-2H3. The van der Waals surface area contributed by atoms with Crippen LogP contribution in [0.25, 0.3) is 10.9 Å².